The summed E-state index contributed by atoms with van der Waals surface area (Å²) in [7, 11) is 3.16. The molecule has 0 saturated carbocycles. The molecule has 2 N–H and O–H groups in total. The topological polar surface area (TPSA) is 89.8 Å². The van der Waals surface area contributed by atoms with Crippen LogP contribution < -0.4 is 25.7 Å². The minimum atomic E-state index is -0.620. The molecule has 0 unspecified atom stereocenters. The number of anilines is 2. The zero-order valence-corrected chi connectivity index (χ0v) is 18.2. The molecule has 0 spiro atoms. The number of nitrogens with one attached hydrogen (secondary N) is 2. The fourth-order valence-corrected chi connectivity index (χ4v) is 3.50. The van der Waals surface area contributed by atoms with Crippen LogP contribution in [0.5, 0.6) is 11.5 Å². The van der Waals surface area contributed by atoms with E-state index in [4.69, 9.17) is 14.5 Å². The second-order valence-corrected chi connectivity index (χ2v) is 7.44. The van der Waals surface area contributed by atoms with E-state index in [0.717, 1.165) is 11.3 Å². The second-order valence-electron chi connectivity index (χ2n) is 7.44. The Morgan fingerprint density at radius 1 is 0.968 bits per heavy atom. The van der Waals surface area contributed by atoms with Crippen molar-refractivity contribution in [3.63, 3.8) is 0 Å². The van der Waals surface area contributed by atoms with Gasteiger partial charge in [-0.1, -0.05) is 12.1 Å². The molecule has 3 aromatic rings. The van der Waals surface area contributed by atoms with Crippen LogP contribution >= 0.6 is 0 Å². The Kier molecular flexibility index (Phi) is 5.37. The Morgan fingerprint density at radius 3 is 2.45 bits per heavy atom. The molecule has 1 aliphatic heterocycles. The Bertz CT molecular complexity index is 1230. The Morgan fingerprint density at radius 2 is 1.74 bits per heavy atom. The number of aryl methyl sites for hydroxylation is 3. The van der Waals surface area contributed by atoms with Gasteiger partial charge in [0.25, 0.3) is 5.56 Å². The average molecular weight is 419 g/mol. The monoisotopic (exact) mass is 419 g/mol. The Hall–Kier alpha value is -3.81. The number of methoxy groups -OCH3 is 2. The molecular weight excluding hydrogens is 394 g/mol. The summed E-state index contributed by atoms with van der Waals surface area (Å²) < 4.78 is 12.3. The van der Waals surface area contributed by atoms with E-state index in [1.807, 2.05) is 24.3 Å². The first-order valence-electron chi connectivity index (χ1n) is 9.91. The summed E-state index contributed by atoms with van der Waals surface area (Å²) in [5, 5.41) is 6.45. The molecule has 31 heavy (non-hydrogen) atoms. The van der Waals surface area contributed by atoms with Gasteiger partial charge in [0.1, 0.15) is 0 Å². The standard InChI is InChI=1S/C23H25N5O3/c1-13-6-8-17(10-14(13)2)25-22-26-21(16-7-9-18(30-4)19(12-16)31-5)28-20(29)11-15(3)24-23(28)27-22/h6-12,21H,1-5H3,(H2,24,25,26,27)/t21-/m1/s1. The van der Waals surface area contributed by atoms with Gasteiger partial charge in [-0.05, 0) is 56.2 Å². The summed E-state index contributed by atoms with van der Waals surface area (Å²) in [4.78, 5) is 22.1. The number of aliphatic imine (C=N–C) groups is 1. The van der Waals surface area contributed by atoms with Crippen molar-refractivity contribution < 1.29 is 9.47 Å². The number of benzene rings is 2. The van der Waals surface area contributed by atoms with E-state index in [2.05, 4.69) is 35.5 Å². The SMILES string of the molecule is COc1ccc([C@@H]2N=C(Nc3ccc(C)c(C)c3)Nc3nc(C)cc(=O)n32)cc1OC. The predicted molar refractivity (Wildman–Crippen MR) is 122 cm³/mol. The molecule has 1 aliphatic rings. The lowest BCUT2D eigenvalue weighted by Gasteiger charge is -2.27. The van der Waals surface area contributed by atoms with Crippen LogP contribution in [0.3, 0.4) is 0 Å². The maximum Gasteiger partial charge on any atom is 0.257 e. The van der Waals surface area contributed by atoms with E-state index in [9.17, 15) is 4.79 Å². The van der Waals surface area contributed by atoms with Gasteiger partial charge in [-0.2, -0.15) is 0 Å². The molecule has 2 heterocycles. The van der Waals surface area contributed by atoms with Gasteiger partial charge in [0.15, 0.2) is 17.7 Å². The summed E-state index contributed by atoms with van der Waals surface area (Å²) in [6, 6.07) is 13.1. The summed E-state index contributed by atoms with van der Waals surface area (Å²) in [6.45, 7) is 5.91. The Balaban J connectivity index is 1.81. The van der Waals surface area contributed by atoms with Crippen molar-refractivity contribution in [1.29, 1.82) is 0 Å². The van der Waals surface area contributed by atoms with Gasteiger partial charge in [0.05, 0.1) is 14.2 Å². The first kappa shape index (κ1) is 20.5. The van der Waals surface area contributed by atoms with Gasteiger partial charge in [-0.15, -0.1) is 0 Å². The van der Waals surface area contributed by atoms with Crippen LogP contribution in [0.25, 0.3) is 0 Å². The Labute approximate surface area is 180 Å². The van der Waals surface area contributed by atoms with Crippen molar-refractivity contribution in [1.82, 2.24) is 9.55 Å². The molecule has 8 nitrogen and oxygen atoms in total. The third-order valence-electron chi connectivity index (χ3n) is 5.28. The molecule has 0 fully saturated rings. The molecule has 0 aliphatic carbocycles. The van der Waals surface area contributed by atoms with Gasteiger partial charge in [0.2, 0.25) is 11.9 Å². The number of rotatable bonds is 4. The highest BCUT2D eigenvalue weighted by atomic mass is 16.5. The molecule has 0 amide bonds. The molecule has 2 aromatic carbocycles. The van der Waals surface area contributed by atoms with Gasteiger partial charge in [-0.3, -0.25) is 14.7 Å². The molecule has 1 atom stereocenters. The average Bonchev–Trinajstić information content (AvgIpc) is 2.74. The van der Waals surface area contributed by atoms with Crippen LogP contribution in [-0.2, 0) is 0 Å². The van der Waals surface area contributed by atoms with Crippen molar-refractivity contribution >= 4 is 17.6 Å². The number of fused-ring (bicyclic) bond motifs is 1. The third kappa shape index (κ3) is 3.96. The fourth-order valence-electron chi connectivity index (χ4n) is 3.50. The van der Waals surface area contributed by atoms with E-state index >= 15 is 0 Å². The second kappa shape index (κ2) is 8.14. The largest absolute Gasteiger partial charge is 0.493 e. The van der Waals surface area contributed by atoms with Crippen LogP contribution in [0.4, 0.5) is 11.6 Å². The van der Waals surface area contributed by atoms with Crippen LogP contribution in [0, 0.1) is 20.8 Å². The molecule has 160 valence electrons. The fraction of sp³-hybridized carbons (Fsp3) is 0.261. The van der Waals surface area contributed by atoms with Gasteiger partial charge < -0.3 is 14.8 Å². The number of hydrogen-bond donors (Lipinski definition) is 2. The highest BCUT2D eigenvalue weighted by Gasteiger charge is 2.26. The number of guanidine groups is 1. The summed E-state index contributed by atoms with van der Waals surface area (Å²) in [5.74, 6) is 2.09. The molecule has 0 bridgehead atoms. The van der Waals surface area contributed by atoms with E-state index in [1.165, 1.54) is 21.8 Å². The minimum Gasteiger partial charge on any atom is -0.493 e. The molecule has 0 saturated heterocycles. The molecular formula is C23H25N5O3. The van der Waals surface area contributed by atoms with E-state index in [-0.39, 0.29) is 5.56 Å². The molecule has 1 aromatic heterocycles. The zero-order valence-electron chi connectivity index (χ0n) is 18.2. The lowest BCUT2D eigenvalue weighted by atomic mass is 10.1. The van der Waals surface area contributed by atoms with E-state index < -0.39 is 6.17 Å². The van der Waals surface area contributed by atoms with Crippen LogP contribution in [0.2, 0.25) is 0 Å². The summed E-state index contributed by atoms with van der Waals surface area (Å²) >= 11 is 0. The third-order valence-corrected chi connectivity index (χ3v) is 5.28. The zero-order chi connectivity index (χ0) is 22.1. The molecule has 4 rings (SSSR count). The van der Waals surface area contributed by atoms with Crippen molar-refractivity contribution in [2.45, 2.75) is 26.9 Å². The quantitative estimate of drug-likeness (QED) is 0.671. The van der Waals surface area contributed by atoms with Crippen LogP contribution in [-0.4, -0.2) is 29.7 Å². The van der Waals surface area contributed by atoms with Crippen LogP contribution in [0.15, 0.2) is 52.3 Å². The first-order valence-corrected chi connectivity index (χ1v) is 9.91. The maximum absolute atomic E-state index is 12.8. The lowest BCUT2D eigenvalue weighted by Crippen LogP contribution is -2.37. The molecule has 8 heteroatoms. The van der Waals surface area contributed by atoms with Crippen molar-refractivity contribution in [3.05, 3.63) is 75.2 Å². The number of hydrogen-bond acceptors (Lipinski definition) is 7. The van der Waals surface area contributed by atoms with Crippen molar-refractivity contribution in [2.75, 3.05) is 24.9 Å². The van der Waals surface area contributed by atoms with Gasteiger partial charge in [-0.25, -0.2) is 9.98 Å². The maximum atomic E-state index is 12.8. The number of nitrogens with zero attached hydrogens (tertiary/aromatic N) is 3. The van der Waals surface area contributed by atoms with Crippen molar-refractivity contribution in [2.24, 2.45) is 4.99 Å². The minimum absolute atomic E-state index is 0.191. The van der Waals surface area contributed by atoms with Gasteiger partial charge >= 0.3 is 0 Å². The molecule has 0 radical (unpaired) electrons. The lowest BCUT2D eigenvalue weighted by molar-refractivity contribution is 0.354. The smallest absolute Gasteiger partial charge is 0.257 e. The summed E-state index contributed by atoms with van der Waals surface area (Å²) in [5.41, 5.74) is 4.48. The van der Waals surface area contributed by atoms with E-state index in [1.54, 1.807) is 27.2 Å². The van der Waals surface area contributed by atoms with E-state index in [0.29, 0.717) is 29.1 Å². The highest BCUT2D eigenvalue weighted by molar-refractivity contribution is 6.03. The number of aromatic nitrogens is 2. The van der Waals surface area contributed by atoms with Crippen LogP contribution in [0.1, 0.15) is 28.6 Å². The highest BCUT2D eigenvalue weighted by Crippen LogP contribution is 2.33. The predicted octanol–water partition coefficient (Wildman–Crippen LogP) is 3.63. The number of ether oxygens (including phenoxy) is 2. The summed E-state index contributed by atoms with van der Waals surface area (Å²) in [6.07, 6.45) is -0.620. The normalized spacial score (nSPS) is 14.9. The van der Waals surface area contributed by atoms with Gasteiger partial charge in [0, 0.05) is 23.0 Å². The van der Waals surface area contributed by atoms with Crippen molar-refractivity contribution in [3.8, 4) is 11.5 Å². The first-order chi connectivity index (χ1) is 14.9.